The third kappa shape index (κ3) is 36.1. The van der Waals surface area contributed by atoms with Gasteiger partial charge in [-0.25, -0.2) is 0 Å². The predicted octanol–water partition coefficient (Wildman–Crippen LogP) is 11.6. The number of amides is 2. The van der Waals surface area contributed by atoms with Crippen molar-refractivity contribution in [2.45, 2.75) is 181 Å². The molecule has 0 spiro atoms. The van der Waals surface area contributed by atoms with Gasteiger partial charge in [-0.2, -0.15) is 0 Å². The Hall–Kier alpha value is -2.10. The average molecular weight is 613 g/mol. The van der Waals surface area contributed by atoms with Crippen LogP contribution in [-0.2, 0) is 9.59 Å². The molecule has 0 aliphatic rings. The quantitative estimate of drug-likeness (QED) is 0.0572. The summed E-state index contributed by atoms with van der Waals surface area (Å²) in [5, 5.41) is 5.95. The van der Waals surface area contributed by atoms with Crippen LogP contribution in [0.25, 0.3) is 0 Å². The zero-order chi connectivity index (χ0) is 32.0. The van der Waals surface area contributed by atoms with E-state index in [4.69, 9.17) is 0 Å². The molecule has 0 aromatic carbocycles. The van der Waals surface area contributed by atoms with Crippen LogP contribution in [0, 0.1) is 0 Å². The second kappa shape index (κ2) is 37.1. The predicted molar refractivity (Wildman–Crippen MR) is 194 cm³/mol. The first-order chi connectivity index (χ1) is 21.7. The smallest absolute Gasteiger partial charge is 0.220 e. The SMILES string of the molecule is CCCCC/C=C\C/C=C\CCCCCCCCNC(=O)CCC(=O)NCCCCCCCC/C=C\C/C=C\CCCCC. The Kier molecular flexibility index (Phi) is 35.3. The number of allylic oxidation sites excluding steroid dienone is 8. The molecule has 0 unspecified atom stereocenters. The van der Waals surface area contributed by atoms with Crippen molar-refractivity contribution >= 4 is 11.8 Å². The first kappa shape index (κ1) is 41.9. The molecule has 0 heterocycles. The van der Waals surface area contributed by atoms with Crippen molar-refractivity contribution in [2.24, 2.45) is 0 Å². The zero-order valence-corrected chi connectivity index (χ0v) is 29.2. The molecule has 0 rings (SSSR count). The molecule has 0 saturated carbocycles. The summed E-state index contributed by atoms with van der Waals surface area (Å²) in [6, 6.07) is 0. The van der Waals surface area contributed by atoms with Crippen molar-refractivity contribution < 1.29 is 9.59 Å². The lowest BCUT2D eigenvalue weighted by Gasteiger charge is -2.07. The van der Waals surface area contributed by atoms with Crippen LogP contribution in [0.5, 0.6) is 0 Å². The number of unbranched alkanes of at least 4 members (excludes halogenated alkanes) is 18. The van der Waals surface area contributed by atoms with Gasteiger partial charge in [0, 0.05) is 25.9 Å². The van der Waals surface area contributed by atoms with Crippen LogP contribution in [0.4, 0.5) is 0 Å². The average Bonchev–Trinajstić information content (AvgIpc) is 3.03. The Morgan fingerprint density at radius 3 is 1.02 bits per heavy atom. The van der Waals surface area contributed by atoms with Crippen molar-refractivity contribution in [1.29, 1.82) is 0 Å². The van der Waals surface area contributed by atoms with E-state index in [1.54, 1.807) is 0 Å². The number of carbonyl (C=O) groups is 2. The zero-order valence-electron chi connectivity index (χ0n) is 29.2. The highest BCUT2D eigenvalue weighted by Crippen LogP contribution is 2.09. The molecule has 44 heavy (non-hydrogen) atoms. The standard InChI is InChI=1S/C40H72N2O2/c1-3-5-7-9-11-13-15-17-19-21-23-25-27-29-31-33-37-41-39(43)35-36-40(44)42-38-34-32-30-28-26-24-22-20-18-16-14-12-10-8-6-4-2/h11-14,17-20H,3-10,15-16,21-38H2,1-2H3,(H,41,43)(H,42,44)/b13-11-,14-12-,19-17-,20-18-. The molecule has 0 aromatic heterocycles. The molecule has 0 atom stereocenters. The van der Waals surface area contributed by atoms with E-state index in [0.717, 1.165) is 51.6 Å². The Morgan fingerprint density at radius 2 is 0.682 bits per heavy atom. The maximum Gasteiger partial charge on any atom is 0.220 e. The summed E-state index contributed by atoms with van der Waals surface area (Å²) in [6.45, 7) is 5.94. The second-order valence-corrected chi connectivity index (χ2v) is 12.4. The minimum Gasteiger partial charge on any atom is -0.356 e. The number of hydrogen-bond acceptors (Lipinski definition) is 2. The van der Waals surface area contributed by atoms with Gasteiger partial charge in [0.05, 0.1) is 0 Å². The van der Waals surface area contributed by atoms with Crippen LogP contribution < -0.4 is 10.6 Å². The summed E-state index contributed by atoms with van der Waals surface area (Å²) in [6.07, 6.45) is 48.4. The highest BCUT2D eigenvalue weighted by atomic mass is 16.2. The van der Waals surface area contributed by atoms with Crippen LogP contribution in [0.1, 0.15) is 181 Å². The molecule has 2 amide bonds. The lowest BCUT2D eigenvalue weighted by atomic mass is 10.1. The number of rotatable bonds is 33. The number of carbonyl (C=O) groups excluding carboxylic acids is 2. The fourth-order valence-electron chi connectivity index (χ4n) is 5.09. The van der Waals surface area contributed by atoms with Gasteiger partial charge in [0.25, 0.3) is 0 Å². The fourth-order valence-corrected chi connectivity index (χ4v) is 5.09. The summed E-state index contributed by atoms with van der Waals surface area (Å²) in [5.74, 6) is -0.00656. The van der Waals surface area contributed by atoms with E-state index in [9.17, 15) is 9.59 Å². The Balaban J connectivity index is 3.38. The van der Waals surface area contributed by atoms with Gasteiger partial charge in [-0.15, -0.1) is 0 Å². The highest BCUT2D eigenvalue weighted by molar-refractivity contribution is 5.83. The van der Waals surface area contributed by atoms with Gasteiger partial charge in [-0.3, -0.25) is 9.59 Å². The minimum atomic E-state index is -0.00328. The molecule has 0 aliphatic carbocycles. The van der Waals surface area contributed by atoms with E-state index in [-0.39, 0.29) is 24.7 Å². The molecule has 0 fully saturated rings. The van der Waals surface area contributed by atoms with Crippen LogP contribution >= 0.6 is 0 Å². The normalized spacial score (nSPS) is 12.0. The fraction of sp³-hybridized carbons (Fsp3) is 0.750. The van der Waals surface area contributed by atoms with E-state index in [0.29, 0.717) is 0 Å². The Bertz CT molecular complexity index is 676. The Morgan fingerprint density at radius 1 is 0.386 bits per heavy atom. The van der Waals surface area contributed by atoms with Crippen molar-refractivity contribution in [3.8, 4) is 0 Å². The first-order valence-corrected chi connectivity index (χ1v) is 18.8. The third-order valence-corrected chi connectivity index (χ3v) is 7.98. The Labute approximate surface area is 274 Å². The highest BCUT2D eigenvalue weighted by Gasteiger charge is 2.06. The second-order valence-electron chi connectivity index (χ2n) is 12.4. The van der Waals surface area contributed by atoms with E-state index in [2.05, 4.69) is 73.1 Å². The van der Waals surface area contributed by atoms with Crippen molar-refractivity contribution in [2.75, 3.05) is 13.1 Å². The molecule has 0 radical (unpaired) electrons. The molecule has 0 aromatic rings. The third-order valence-electron chi connectivity index (χ3n) is 7.98. The molecule has 0 bridgehead atoms. The van der Waals surface area contributed by atoms with Crippen LogP contribution in [0.2, 0.25) is 0 Å². The van der Waals surface area contributed by atoms with Crippen molar-refractivity contribution in [1.82, 2.24) is 10.6 Å². The molecule has 2 N–H and O–H groups in total. The molecular formula is C40H72N2O2. The van der Waals surface area contributed by atoms with Crippen molar-refractivity contribution in [3.05, 3.63) is 48.6 Å². The van der Waals surface area contributed by atoms with Crippen LogP contribution in [-0.4, -0.2) is 24.9 Å². The van der Waals surface area contributed by atoms with E-state index < -0.39 is 0 Å². The maximum absolute atomic E-state index is 12.0. The van der Waals surface area contributed by atoms with Gasteiger partial charge in [-0.1, -0.05) is 140 Å². The largest absolute Gasteiger partial charge is 0.356 e. The van der Waals surface area contributed by atoms with E-state index in [1.165, 1.54) is 116 Å². The topological polar surface area (TPSA) is 58.2 Å². The molecule has 4 nitrogen and oxygen atoms in total. The lowest BCUT2D eigenvalue weighted by molar-refractivity contribution is -0.126. The maximum atomic E-state index is 12.0. The minimum absolute atomic E-state index is 0.00328. The van der Waals surface area contributed by atoms with Gasteiger partial charge in [-0.05, 0) is 77.0 Å². The van der Waals surface area contributed by atoms with Gasteiger partial charge in [0.2, 0.25) is 11.8 Å². The molecular weight excluding hydrogens is 540 g/mol. The monoisotopic (exact) mass is 613 g/mol. The summed E-state index contributed by atoms with van der Waals surface area (Å²) in [4.78, 5) is 24.1. The van der Waals surface area contributed by atoms with E-state index >= 15 is 0 Å². The van der Waals surface area contributed by atoms with Crippen molar-refractivity contribution in [3.63, 3.8) is 0 Å². The van der Waals surface area contributed by atoms with Crippen LogP contribution in [0.15, 0.2) is 48.6 Å². The molecule has 0 aliphatic heterocycles. The summed E-state index contributed by atoms with van der Waals surface area (Å²) >= 11 is 0. The van der Waals surface area contributed by atoms with Gasteiger partial charge >= 0.3 is 0 Å². The number of nitrogens with one attached hydrogen (secondary N) is 2. The van der Waals surface area contributed by atoms with E-state index in [1.807, 2.05) is 0 Å². The first-order valence-electron chi connectivity index (χ1n) is 18.8. The summed E-state index contributed by atoms with van der Waals surface area (Å²) < 4.78 is 0. The lowest BCUT2D eigenvalue weighted by Crippen LogP contribution is -2.28. The molecule has 4 heteroatoms. The van der Waals surface area contributed by atoms with Gasteiger partial charge < -0.3 is 10.6 Å². The molecule has 0 saturated heterocycles. The summed E-state index contributed by atoms with van der Waals surface area (Å²) in [5.41, 5.74) is 0. The molecule has 254 valence electrons. The number of hydrogen-bond donors (Lipinski definition) is 2. The summed E-state index contributed by atoms with van der Waals surface area (Å²) in [7, 11) is 0. The van der Waals surface area contributed by atoms with Crippen LogP contribution in [0.3, 0.4) is 0 Å². The van der Waals surface area contributed by atoms with Gasteiger partial charge in [0.1, 0.15) is 0 Å². The van der Waals surface area contributed by atoms with Gasteiger partial charge in [0.15, 0.2) is 0 Å².